The van der Waals surface area contributed by atoms with Gasteiger partial charge in [-0.3, -0.25) is 0 Å². The van der Waals surface area contributed by atoms with E-state index >= 15 is 0 Å². The van der Waals surface area contributed by atoms with Crippen LogP contribution in [0.3, 0.4) is 0 Å². The normalized spacial score (nSPS) is 12.9. The van der Waals surface area contributed by atoms with Gasteiger partial charge in [0, 0.05) is 6.20 Å². The van der Waals surface area contributed by atoms with Crippen LogP contribution in [0.25, 0.3) is 0 Å². The van der Waals surface area contributed by atoms with Crippen molar-refractivity contribution < 1.29 is 13.2 Å². The number of halogens is 3. The molecule has 0 saturated carbocycles. The monoisotopic (exact) mass is 232 g/mol. The van der Waals surface area contributed by atoms with Gasteiger partial charge in [-0.2, -0.15) is 13.2 Å². The third-order valence-corrected chi connectivity index (χ3v) is 2.89. The van der Waals surface area contributed by atoms with Gasteiger partial charge in [-0.1, -0.05) is 20.8 Å². The van der Waals surface area contributed by atoms with Crippen molar-refractivity contribution in [2.45, 2.75) is 38.8 Å². The topological polar surface area (TPSA) is 38.9 Å². The van der Waals surface area contributed by atoms with Crippen LogP contribution in [0.5, 0.6) is 0 Å². The highest BCUT2D eigenvalue weighted by Crippen LogP contribution is 2.36. The van der Waals surface area contributed by atoms with E-state index in [1.54, 1.807) is 0 Å². The van der Waals surface area contributed by atoms with E-state index in [2.05, 4.69) is 4.98 Å². The number of alkyl halides is 3. The third-order valence-electron chi connectivity index (χ3n) is 2.89. The molecule has 0 atom stereocenters. The van der Waals surface area contributed by atoms with Crippen LogP contribution in [0, 0.1) is 0 Å². The number of nitrogens with two attached hydrogens (primary N) is 1. The zero-order valence-electron chi connectivity index (χ0n) is 9.52. The third kappa shape index (κ3) is 2.46. The molecule has 1 rings (SSSR count). The molecule has 0 bridgehead atoms. The van der Waals surface area contributed by atoms with Crippen LogP contribution in [0.2, 0.25) is 0 Å². The van der Waals surface area contributed by atoms with Gasteiger partial charge in [-0.05, 0) is 23.5 Å². The number of hydrogen-bond acceptors (Lipinski definition) is 2. The Balaban J connectivity index is 3.29. The summed E-state index contributed by atoms with van der Waals surface area (Å²) in [5.74, 6) is -0.469. The minimum Gasteiger partial charge on any atom is -0.383 e. The highest BCUT2D eigenvalue weighted by Gasteiger charge is 2.35. The van der Waals surface area contributed by atoms with Crippen LogP contribution in [-0.4, -0.2) is 4.98 Å². The smallest absolute Gasteiger partial charge is 0.383 e. The van der Waals surface area contributed by atoms with Gasteiger partial charge in [-0.15, -0.1) is 0 Å². The quantitative estimate of drug-likeness (QED) is 0.849. The Labute approximate surface area is 92.7 Å². The SMILES string of the molecule is CCC(C)(C)c1cnc(N)c(C(F)(F)F)c1. The lowest BCUT2D eigenvalue weighted by Crippen LogP contribution is -2.19. The number of hydrogen-bond donors (Lipinski definition) is 1. The number of anilines is 1. The van der Waals surface area contributed by atoms with Crippen molar-refractivity contribution in [2.24, 2.45) is 0 Å². The molecule has 0 saturated heterocycles. The molecule has 0 spiro atoms. The summed E-state index contributed by atoms with van der Waals surface area (Å²) in [6, 6.07) is 1.09. The standard InChI is InChI=1S/C11H15F3N2/c1-4-10(2,3)7-5-8(11(12,13)14)9(15)16-6-7/h5-6H,4H2,1-3H3,(H2,15,16). The summed E-state index contributed by atoms with van der Waals surface area (Å²) < 4.78 is 37.8. The average molecular weight is 232 g/mol. The first-order valence-corrected chi connectivity index (χ1v) is 5.01. The Morgan fingerprint density at radius 3 is 2.31 bits per heavy atom. The Hall–Kier alpha value is -1.26. The summed E-state index contributed by atoms with van der Waals surface area (Å²) in [5, 5.41) is 0. The van der Waals surface area contributed by atoms with E-state index in [1.807, 2.05) is 20.8 Å². The van der Waals surface area contributed by atoms with E-state index in [0.29, 0.717) is 5.56 Å². The van der Waals surface area contributed by atoms with E-state index in [9.17, 15) is 13.2 Å². The number of rotatable bonds is 2. The van der Waals surface area contributed by atoms with Gasteiger partial charge in [0.25, 0.3) is 0 Å². The molecule has 1 heterocycles. The second-order valence-electron chi connectivity index (χ2n) is 4.39. The summed E-state index contributed by atoms with van der Waals surface area (Å²) in [6.07, 6.45) is -2.30. The van der Waals surface area contributed by atoms with Gasteiger partial charge in [0.2, 0.25) is 0 Å². The average Bonchev–Trinajstić information content (AvgIpc) is 2.16. The van der Waals surface area contributed by atoms with E-state index in [0.717, 1.165) is 12.5 Å². The molecule has 1 aromatic heterocycles. The molecule has 0 fully saturated rings. The molecule has 16 heavy (non-hydrogen) atoms. The number of aromatic nitrogens is 1. The van der Waals surface area contributed by atoms with Crippen LogP contribution in [-0.2, 0) is 11.6 Å². The Kier molecular flexibility index (Phi) is 3.17. The zero-order valence-corrected chi connectivity index (χ0v) is 9.52. The van der Waals surface area contributed by atoms with Crippen molar-refractivity contribution in [1.82, 2.24) is 4.98 Å². The molecule has 0 aliphatic heterocycles. The summed E-state index contributed by atoms with van der Waals surface area (Å²) in [4.78, 5) is 3.62. The molecule has 0 unspecified atom stereocenters. The molecule has 1 aromatic rings. The second-order valence-corrected chi connectivity index (χ2v) is 4.39. The van der Waals surface area contributed by atoms with Gasteiger partial charge < -0.3 is 5.73 Å². The van der Waals surface area contributed by atoms with E-state index < -0.39 is 17.6 Å². The predicted molar refractivity (Wildman–Crippen MR) is 57.0 cm³/mol. The maximum Gasteiger partial charge on any atom is 0.419 e. The van der Waals surface area contributed by atoms with E-state index in [-0.39, 0.29) is 5.41 Å². The van der Waals surface area contributed by atoms with E-state index in [1.165, 1.54) is 6.20 Å². The molecule has 0 aromatic carbocycles. The van der Waals surface area contributed by atoms with Crippen molar-refractivity contribution in [2.75, 3.05) is 5.73 Å². The lowest BCUT2D eigenvalue weighted by atomic mass is 9.82. The fourth-order valence-corrected chi connectivity index (χ4v) is 1.28. The van der Waals surface area contributed by atoms with Crippen molar-refractivity contribution in [3.8, 4) is 0 Å². The highest BCUT2D eigenvalue weighted by molar-refractivity contribution is 5.44. The van der Waals surface area contributed by atoms with Crippen LogP contribution < -0.4 is 5.73 Å². The first kappa shape index (κ1) is 12.8. The lowest BCUT2D eigenvalue weighted by Gasteiger charge is -2.24. The fourth-order valence-electron chi connectivity index (χ4n) is 1.28. The molecular weight excluding hydrogens is 217 g/mol. The van der Waals surface area contributed by atoms with Gasteiger partial charge in [-0.25, -0.2) is 4.98 Å². The molecule has 90 valence electrons. The van der Waals surface area contributed by atoms with Gasteiger partial charge in [0.1, 0.15) is 5.82 Å². The molecule has 2 nitrogen and oxygen atoms in total. The van der Waals surface area contributed by atoms with Crippen molar-refractivity contribution >= 4 is 5.82 Å². The number of pyridine rings is 1. The molecule has 0 aliphatic carbocycles. The maximum absolute atomic E-state index is 12.6. The number of nitrogen functional groups attached to an aromatic ring is 1. The Bertz CT molecular complexity index is 383. The number of nitrogens with zero attached hydrogens (tertiary/aromatic N) is 1. The largest absolute Gasteiger partial charge is 0.419 e. The Morgan fingerprint density at radius 1 is 1.31 bits per heavy atom. The maximum atomic E-state index is 12.6. The van der Waals surface area contributed by atoms with Gasteiger partial charge in [0.15, 0.2) is 0 Å². The van der Waals surface area contributed by atoms with Crippen molar-refractivity contribution in [3.63, 3.8) is 0 Å². The van der Waals surface area contributed by atoms with Crippen molar-refractivity contribution in [3.05, 3.63) is 23.4 Å². The minimum atomic E-state index is -4.45. The summed E-state index contributed by atoms with van der Waals surface area (Å²) in [6.45, 7) is 5.67. The highest BCUT2D eigenvalue weighted by atomic mass is 19.4. The zero-order chi connectivity index (χ0) is 12.6. The molecule has 0 amide bonds. The van der Waals surface area contributed by atoms with Crippen LogP contribution >= 0.6 is 0 Å². The molecular formula is C11H15F3N2. The second kappa shape index (κ2) is 3.96. The fraction of sp³-hybridized carbons (Fsp3) is 0.545. The Morgan fingerprint density at radius 2 is 1.88 bits per heavy atom. The molecule has 0 radical (unpaired) electrons. The lowest BCUT2D eigenvalue weighted by molar-refractivity contribution is -0.137. The molecule has 5 heteroatoms. The predicted octanol–water partition coefficient (Wildman–Crippen LogP) is 3.37. The van der Waals surface area contributed by atoms with Crippen LogP contribution in [0.15, 0.2) is 12.3 Å². The summed E-state index contributed by atoms with van der Waals surface area (Å²) >= 11 is 0. The summed E-state index contributed by atoms with van der Waals surface area (Å²) in [7, 11) is 0. The van der Waals surface area contributed by atoms with Crippen molar-refractivity contribution in [1.29, 1.82) is 0 Å². The minimum absolute atomic E-state index is 0.333. The van der Waals surface area contributed by atoms with Crippen LogP contribution in [0.1, 0.15) is 38.3 Å². The molecule has 0 aliphatic rings. The van der Waals surface area contributed by atoms with Gasteiger partial charge in [0.05, 0.1) is 5.56 Å². The summed E-state index contributed by atoms with van der Waals surface area (Å²) in [5.41, 5.74) is 4.59. The molecule has 2 N–H and O–H groups in total. The van der Waals surface area contributed by atoms with E-state index in [4.69, 9.17) is 5.73 Å². The first-order valence-electron chi connectivity index (χ1n) is 5.01. The first-order chi connectivity index (χ1) is 7.18. The van der Waals surface area contributed by atoms with Crippen LogP contribution in [0.4, 0.5) is 19.0 Å². The van der Waals surface area contributed by atoms with Gasteiger partial charge >= 0.3 is 6.18 Å².